The van der Waals surface area contributed by atoms with Crippen molar-refractivity contribution in [1.29, 1.82) is 0 Å². The third-order valence-electron chi connectivity index (χ3n) is 5.17. The highest BCUT2D eigenvalue weighted by Gasteiger charge is 2.24. The molecule has 1 fully saturated rings. The zero-order chi connectivity index (χ0) is 20.7. The van der Waals surface area contributed by atoms with Gasteiger partial charge in [0.05, 0.1) is 22.8 Å². The van der Waals surface area contributed by atoms with Gasteiger partial charge < -0.3 is 10.6 Å². The molecule has 8 heteroatoms. The number of nitrogens with one attached hydrogen (secondary N) is 2. The molecule has 0 radical (unpaired) electrons. The van der Waals surface area contributed by atoms with E-state index in [9.17, 15) is 4.79 Å². The van der Waals surface area contributed by atoms with Gasteiger partial charge in [0.2, 0.25) is 0 Å². The summed E-state index contributed by atoms with van der Waals surface area (Å²) in [7, 11) is 0. The topological polar surface area (TPSA) is 71.3 Å². The smallest absolute Gasteiger partial charge is 0.251 e. The predicted molar refractivity (Wildman–Crippen MR) is 120 cm³/mol. The molecule has 1 aliphatic carbocycles. The molecule has 1 aromatic carbocycles. The van der Waals surface area contributed by atoms with Crippen LogP contribution in [-0.4, -0.2) is 26.3 Å². The number of amides is 1. The first-order valence-electron chi connectivity index (χ1n) is 9.80. The van der Waals surface area contributed by atoms with Gasteiger partial charge in [0, 0.05) is 34.4 Å². The number of rotatable bonds is 6. The molecule has 30 heavy (non-hydrogen) atoms. The van der Waals surface area contributed by atoms with Crippen molar-refractivity contribution in [3.8, 4) is 11.3 Å². The van der Waals surface area contributed by atoms with Gasteiger partial charge in [-0.3, -0.25) is 9.20 Å². The molecule has 6 nitrogen and oxygen atoms in total. The molecule has 1 aliphatic rings. The van der Waals surface area contributed by atoms with Crippen LogP contribution in [0.15, 0.2) is 48.9 Å². The zero-order valence-corrected chi connectivity index (χ0v) is 17.9. The molecule has 3 heterocycles. The minimum Gasteiger partial charge on any atom is -0.362 e. The number of benzene rings is 1. The van der Waals surface area contributed by atoms with Crippen molar-refractivity contribution in [3.63, 3.8) is 0 Å². The third-order valence-corrected chi connectivity index (χ3v) is 6.40. The quantitative estimate of drug-likeness (QED) is 0.449. The van der Waals surface area contributed by atoms with Crippen LogP contribution in [0.2, 0.25) is 4.34 Å². The molecule has 0 spiro atoms. The second-order valence-electron chi connectivity index (χ2n) is 7.45. The van der Waals surface area contributed by atoms with Gasteiger partial charge >= 0.3 is 0 Å². The summed E-state index contributed by atoms with van der Waals surface area (Å²) >= 11 is 7.56. The molecule has 1 saturated carbocycles. The fourth-order valence-corrected chi connectivity index (χ4v) is 4.47. The lowest BCUT2D eigenvalue weighted by atomic mass is 10.0. The first-order valence-corrected chi connectivity index (χ1v) is 11.0. The van der Waals surface area contributed by atoms with Gasteiger partial charge in [-0.25, -0.2) is 9.97 Å². The van der Waals surface area contributed by atoms with Crippen molar-refractivity contribution >= 4 is 40.3 Å². The first kappa shape index (κ1) is 19.1. The fourth-order valence-electron chi connectivity index (χ4n) is 3.44. The van der Waals surface area contributed by atoms with E-state index in [2.05, 4.69) is 20.6 Å². The van der Waals surface area contributed by atoms with E-state index in [0.29, 0.717) is 18.4 Å². The highest BCUT2D eigenvalue weighted by atomic mass is 35.5. The number of nitrogens with zero attached hydrogens (tertiary/aromatic N) is 3. The molecule has 0 unspecified atom stereocenters. The van der Waals surface area contributed by atoms with Crippen LogP contribution in [0.25, 0.3) is 16.9 Å². The zero-order valence-electron chi connectivity index (χ0n) is 16.4. The average Bonchev–Trinajstić information content (AvgIpc) is 3.28. The molecule has 0 aliphatic heterocycles. The maximum Gasteiger partial charge on any atom is 0.251 e. The second kappa shape index (κ2) is 7.74. The first-order chi connectivity index (χ1) is 14.6. The van der Waals surface area contributed by atoms with Gasteiger partial charge in [-0.2, -0.15) is 0 Å². The van der Waals surface area contributed by atoms with Crippen molar-refractivity contribution in [3.05, 3.63) is 69.3 Å². The molecule has 152 valence electrons. The van der Waals surface area contributed by atoms with Crippen molar-refractivity contribution < 1.29 is 4.79 Å². The number of carbonyl (C=O) groups excluding carboxylic acids is 1. The minimum atomic E-state index is 0.00376. The summed E-state index contributed by atoms with van der Waals surface area (Å²) in [5.74, 6) is 0.717. The third kappa shape index (κ3) is 3.78. The fraction of sp³-hybridized carbons (Fsp3) is 0.227. The van der Waals surface area contributed by atoms with E-state index in [1.54, 1.807) is 17.5 Å². The SMILES string of the molecule is Cc1cc(-c2cnc3c(NCc4ccc(Cl)s4)nccn23)ccc1C(=O)NC1CC1. The predicted octanol–water partition coefficient (Wildman–Crippen LogP) is 4.92. The van der Waals surface area contributed by atoms with Crippen LogP contribution in [0.4, 0.5) is 5.82 Å². The normalized spacial score (nSPS) is 13.5. The molecular weight excluding hydrogens is 418 g/mol. The van der Waals surface area contributed by atoms with E-state index in [-0.39, 0.29) is 5.91 Å². The van der Waals surface area contributed by atoms with E-state index >= 15 is 0 Å². The van der Waals surface area contributed by atoms with E-state index in [1.807, 2.05) is 54.0 Å². The Morgan fingerprint density at radius 3 is 2.87 bits per heavy atom. The molecule has 0 saturated heterocycles. The molecule has 1 amide bonds. The average molecular weight is 438 g/mol. The summed E-state index contributed by atoms with van der Waals surface area (Å²) < 4.78 is 2.78. The van der Waals surface area contributed by atoms with Gasteiger partial charge in [-0.15, -0.1) is 11.3 Å². The Labute approximate surface area is 182 Å². The molecule has 5 rings (SSSR count). The number of hydrogen-bond donors (Lipinski definition) is 2. The van der Waals surface area contributed by atoms with Gasteiger partial charge in [-0.05, 0) is 49.6 Å². The van der Waals surface area contributed by atoms with Crippen molar-refractivity contribution in [1.82, 2.24) is 19.7 Å². The molecule has 3 aromatic heterocycles. The number of hydrogen-bond acceptors (Lipinski definition) is 5. The van der Waals surface area contributed by atoms with Crippen LogP contribution >= 0.6 is 22.9 Å². The van der Waals surface area contributed by atoms with Gasteiger partial charge in [0.25, 0.3) is 5.91 Å². The summed E-state index contributed by atoms with van der Waals surface area (Å²) in [5.41, 5.74) is 4.38. The van der Waals surface area contributed by atoms with Crippen LogP contribution in [0.5, 0.6) is 0 Å². The maximum atomic E-state index is 12.4. The summed E-state index contributed by atoms with van der Waals surface area (Å²) in [4.78, 5) is 22.6. The highest BCUT2D eigenvalue weighted by molar-refractivity contribution is 7.16. The lowest BCUT2D eigenvalue weighted by Gasteiger charge is -2.10. The lowest BCUT2D eigenvalue weighted by molar-refractivity contribution is 0.0950. The van der Waals surface area contributed by atoms with E-state index < -0.39 is 0 Å². The van der Waals surface area contributed by atoms with Crippen LogP contribution < -0.4 is 10.6 Å². The maximum absolute atomic E-state index is 12.4. The van der Waals surface area contributed by atoms with Crippen molar-refractivity contribution in [2.45, 2.75) is 32.4 Å². The number of halogens is 1. The van der Waals surface area contributed by atoms with Gasteiger partial charge in [0.1, 0.15) is 0 Å². The molecule has 0 atom stereocenters. The number of fused-ring (bicyclic) bond motifs is 1. The van der Waals surface area contributed by atoms with E-state index in [4.69, 9.17) is 11.6 Å². The Kier molecular flexibility index (Phi) is 4.92. The van der Waals surface area contributed by atoms with Crippen molar-refractivity contribution in [2.75, 3.05) is 5.32 Å². The summed E-state index contributed by atoms with van der Waals surface area (Å²) in [6, 6.07) is 10.1. The second-order valence-corrected chi connectivity index (χ2v) is 9.25. The minimum absolute atomic E-state index is 0.00376. The van der Waals surface area contributed by atoms with E-state index in [0.717, 1.165) is 50.1 Å². The van der Waals surface area contributed by atoms with E-state index in [1.165, 1.54) is 0 Å². The Morgan fingerprint density at radius 2 is 2.13 bits per heavy atom. The Morgan fingerprint density at radius 1 is 1.27 bits per heavy atom. The van der Waals surface area contributed by atoms with Crippen LogP contribution in [0.1, 0.15) is 33.6 Å². The standard InChI is InChI=1S/C22H20ClN5OS/c1-13-10-14(2-6-17(13)22(29)27-15-3-4-15)18-12-26-21-20(24-8-9-28(18)21)25-11-16-5-7-19(23)30-16/h2,5-10,12,15H,3-4,11H2,1H3,(H,24,25)(H,27,29). The number of carbonyl (C=O) groups is 1. The molecular formula is C22H20ClN5OS. The molecule has 0 bridgehead atoms. The number of anilines is 1. The summed E-state index contributed by atoms with van der Waals surface area (Å²) in [6.07, 6.45) is 7.65. The van der Waals surface area contributed by atoms with Crippen LogP contribution in [0.3, 0.4) is 0 Å². The summed E-state index contributed by atoms with van der Waals surface area (Å²) in [6.45, 7) is 2.60. The number of aromatic nitrogens is 3. The largest absolute Gasteiger partial charge is 0.362 e. The molecule has 2 N–H and O–H groups in total. The number of aryl methyl sites for hydroxylation is 1. The Bertz CT molecular complexity index is 1240. The number of thiophene rings is 1. The lowest BCUT2D eigenvalue weighted by Crippen LogP contribution is -2.26. The Balaban J connectivity index is 1.42. The Hall–Kier alpha value is -2.90. The van der Waals surface area contributed by atoms with Crippen molar-refractivity contribution in [2.24, 2.45) is 0 Å². The van der Waals surface area contributed by atoms with Crippen LogP contribution in [-0.2, 0) is 6.54 Å². The number of imidazole rings is 1. The van der Waals surface area contributed by atoms with Crippen LogP contribution in [0, 0.1) is 6.92 Å². The summed E-state index contributed by atoms with van der Waals surface area (Å²) in [5, 5.41) is 6.40. The monoisotopic (exact) mass is 437 g/mol. The van der Waals surface area contributed by atoms with Gasteiger partial charge in [-0.1, -0.05) is 17.7 Å². The highest BCUT2D eigenvalue weighted by Crippen LogP contribution is 2.27. The van der Waals surface area contributed by atoms with Gasteiger partial charge in [0.15, 0.2) is 11.5 Å². The molecule has 4 aromatic rings.